The first-order chi connectivity index (χ1) is 14.3. The van der Waals surface area contributed by atoms with Crippen LogP contribution in [0.4, 0.5) is 0 Å². The smallest absolute Gasteiger partial charge is 0.218 e. The molecule has 0 saturated heterocycles. The number of sulfonamides is 1. The molecule has 3 aromatic carbocycles. The maximum absolute atomic E-state index is 13.3. The SMILES string of the molecule is Cc1cc2c(cc1S(=O)(=O)NCCc1ccccc1)S(=O)(=O)c1ccccc1CC2. The van der Waals surface area contributed by atoms with E-state index in [2.05, 4.69) is 4.72 Å². The zero-order valence-corrected chi connectivity index (χ0v) is 18.3. The van der Waals surface area contributed by atoms with Crippen LogP contribution in [0.5, 0.6) is 0 Å². The first-order valence-corrected chi connectivity index (χ1v) is 12.8. The lowest BCUT2D eigenvalue weighted by molar-refractivity contribution is 0.580. The number of hydrogen-bond acceptors (Lipinski definition) is 4. The second kappa shape index (κ2) is 7.98. The van der Waals surface area contributed by atoms with Gasteiger partial charge in [0.25, 0.3) is 0 Å². The van der Waals surface area contributed by atoms with Gasteiger partial charge in [0, 0.05) is 6.54 Å². The molecule has 0 atom stereocenters. The topological polar surface area (TPSA) is 80.3 Å². The number of nitrogens with one attached hydrogen (secondary N) is 1. The Kier molecular flexibility index (Phi) is 5.53. The quantitative estimate of drug-likeness (QED) is 0.658. The zero-order chi connectivity index (χ0) is 21.4. The zero-order valence-electron chi connectivity index (χ0n) is 16.6. The average Bonchev–Trinajstić information content (AvgIpc) is 2.82. The summed E-state index contributed by atoms with van der Waals surface area (Å²) < 4.78 is 55.1. The Labute approximate surface area is 177 Å². The van der Waals surface area contributed by atoms with Gasteiger partial charge in [-0.1, -0.05) is 54.6 Å². The molecular formula is C23H23NO4S2. The number of sulfone groups is 1. The van der Waals surface area contributed by atoms with Crippen molar-refractivity contribution in [3.8, 4) is 0 Å². The van der Waals surface area contributed by atoms with Crippen molar-refractivity contribution in [2.24, 2.45) is 0 Å². The maximum atomic E-state index is 13.3. The molecule has 156 valence electrons. The molecule has 0 amide bonds. The van der Waals surface area contributed by atoms with Crippen LogP contribution in [-0.4, -0.2) is 23.4 Å². The molecule has 0 aliphatic carbocycles. The number of benzene rings is 3. The lowest BCUT2D eigenvalue weighted by Gasteiger charge is -2.14. The lowest BCUT2D eigenvalue weighted by atomic mass is 10.0. The normalized spacial score (nSPS) is 15.1. The van der Waals surface area contributed by atoms with Gasteiger partial charge in [0.1, 0.15) is 0 Å². The Bertz CT molecular complexity index is 1300. The highest BCUT2D eigenvalue weighted by Gasteiger charge is 2.30. The second-order valence-electron chi connectivity index (χ2n) is 7.47. The predicted molar refractivity (Wildman–Crippen MR) is 116 cm³/mol. The highest BCUT2D eigenvalue weighted by molar-refractivity contribution is 7.92. The number of fused-ring (bicyclic) bond motifs is 2. The fraction of sp³-hybridized carbons (Fsp3) is 0.217. The third-order valence-electron chi connectivity index (χ3n) is 5.41. The van der Waals surface area contributed by atoms with Gasteiger partial charge in [0.05, 0.1) is 14.7 Å². The van der Waals surface area contributed by atoms with Gasteiger partial charge in [-0.3, -0.25) is 0 Å². The van der Waals surface area contributed by atoms with Crippen LogP contribution in [-0.2, 0) is 39.1 Å². The molecule has 5 nitrogen and oxygen atoms in total. The molecule has 30 heavy (non-hydrogen) atoms. The first-order valence-electron chi connectivity index (χ1n) is 9.79. The van der Waals surface area contributed by atoms with Crippen LogP contribution in [0.25, 0.3) is 0 Å². The van der Waals surface area contributed by atoms with Gasteiger partial charge in [-0.15, -0.1) is 0 Å². The summed E-state index contributed by atoms with van der Waals surface area (Å²) in [6.07, 6.45) is 1.70. The Morgan fingerprint density at radius 2 is 1.53 bits per heavy atom. The van der Waals surface area contributed by atoms with Crippen LogP contribution < -0.4 is 4.72 Å². The van der Waals surface area contributed by atoms with Crippen LogP contribution in [0.3, 0.4) is 0 Å². The van der Waals surface area contributed by atoms with Crippen molar-refractivity contribution in [3.05, 3.63) is 89.0 Å². The van der Waals surface area contributed by atoms with E-state index in [0.29, 0.717) is 30.4 Å². The van der Waals surface area contributed by atoms with E-state index < -0.39 is 19.9 Å². The van der Waals surface area contributed by atoms with Crippen molar-refractivity contribution in [2.75, 3.05) is 6.54 Å². The second-order valence-corrected chi connectivity index (χ2v) is 11.1. The van der Waals surface area contributed by atoms with Gasteiger partial charge in [-0.25, -0.2) is 21.6 Å². The van der Waals surface area contributed by atoms with Crippen LogP contribution in [0, 0.1) is 6.92 Å². The fourth-order valence-corrected chi connectivity index (χ4v) is 7.02. The summed E-state index contributed by atoms with van der Waals surface area (Å²) in [6, 6.07) is 19.5. The number of hydrogen-bond donors (Lipinski definition) is 1. The molecule has 1 aliphatic rings. The molecule has 1 heterocycles. The molecule has 0 unspecified atom stereocenters. The average molecular weight is 442 g/mol. The Morgan fingerprint density at radius 3 is 2.30 bits per heavy atom. The first kappa shape index (κ1) is 20.8. The molecule has 1 aliphatic heterocycles. The number of rotatable bonds is 5. The molecule has 1 N–H and O–H groups in total. The van der Waals surface area contributed by atoms with Gasteiger partial charge in [0.2, 0.25) is 19.9 Å². The Balaban J connectivity index is 1.69. The summed E-state index contributed by atoms with van der Waals surface area (Å²) in [5.41, 5.74) is 2.99. The Morgan fingerprint density at radius 1 is 0.867 bits per heavy atom. The molecule has 0 radical (unpaired) electrons. The fourth-order valence-electron chi connectivity index (χ4n) is 3.88. The van der Waals surface area contributed by atoms with Crippen molar-refractivity contribution >= 4 is 19.9 Å². The van der Waals surface area contributed by atoms with Crippen molar-refractivity contribution < 1.29 is 16.8 Å². The van der Waals surface area contributed by atoms with E-state index in [1.807, 2.05) is 42.5 Å². The summed E-state index contributed by atoms with van der Waals surface area (Å²) in [7, 11) is -7.64. The summed E-state index contributed by atoms with van der Waals surface area (Å²) >= 11 is 0. The minimum Gasteiger partial charge on any atom is -0.218 e. The molecule has 0 saturated carbocycles. The van der Waals surface area contributed by atoms with E-state index in [-0.39, 0.29) is 21.2 Å². The predicted octanol–water partition coefficient (Wildman–Crippen LogP) is 3.45. The van der Waals surface area contributed by atoms with Gasteiger partial charge in [-0.05, 0) is 60.6 Å². The van der Waals surface area contributed by atoms with Crippen molar-refractivity contribution in [2.45, 2.75) is 40.9 Å². The maximum Gasteiger partial charge on any atom is 0.240 e. The molecule has 4 rings (SSSR count). The van der Waals surface area contributed by atoms with Gasteiger partial charge >= 0.3 is 0 Å². The van der Waals surface area contributed by atoms with Crippen LogP contribution >= 0.6 is 0 Å². The summed E-state index contributed by atoms with van der Waals surface area (Å²) in [5.74, 6) is 0. The van der Waals surface area contributed by atoms with Crippen LogP contribution in [0.2, 0.25) is 0 Å². The standard InChI is InChI=1S/C23H23NO4S2/c1-17-15-20-12-11-19-9-5-6-10-21(19)29(25,26)23(20)16-22(17)30(27,28)24-14-13-18-7-3-2-4-8-18/h2-10,15-16,24H,11-14H2,1H3. The minimum absolute atomic E-state index is 0.0114. The highest BCUT2D eigenvalue weighted by Crippen LogP contribution is 2.34. The largest absolute Gasteiger partial charge is 0.240 e. The van der Waals surface area contributed by atoms with E-state index in [9.17, 15) is 16.8 Å². The minimum atomic E-state index is -3.85. The van der Waals surface area contributed by atoms with E-state index >= 15 is 0 Å². The monoisotopic (exact) mass is 441 g/mol. The van der Waals surface area contributed by atoms with Gasteiger partial charge in [0.15, 0.2) is 0 Å². The summed E-state index contributed by atoms with van der Waals surface area (Å²) in [5, 5.41) is 0. The van der Waals surface area contributed by atoms with Crippen molar-refractivity contribution in [1.29, 1.82) is 0 Å². The highest BCUT2D eigenvalue weighted by atomic mass is 32.2. The molecule has 0 spiro atoms. The van der Waals surface area contributed by atoms with Gasteiger partial charge < -0.3 is 0 Å². The van der Waals surface area contributed by atoms with Crippen molar-refractivity contribution in [3.63, 3.8) is 0 Å². The van der Waals surface area contributed by atoms with E-state index in [0.717, 1.165) is 11.1 Å². The third kappa shape index (κ3) is 3.93. The molecule has 3 aromatic rings. The summed E-state index contributed by atoms with van der Waals surface area (Å²) in [4.78, 5) is 0.353. The molecular weight excluding hydrogens is 418 g/mol. The molecule has 0 aromatic heterocycles. The van der Waals surface area contributed by atoms with E-state index in [1.54, 1.807) is 25.1 Å². The molecule has 0 bridgehead atoms. The van der Waals surface area contributed by atoms with Crippen LogP contribution in [0.15, 0.2) is 81.4 Å². The van der Waals surface area contributed by atoms with Crippen molar-refractivity contribution in [1.82, 2.24) is 4.72 Å². The van der Waals surface area contributed by atoms with Gasteiger partial charge in [-0.2, -0.15) is 0 Å². The molecule has 7 heteroatoms. The molecule has 0 fully saturated rings. The lowest BCUT2D eigenvalue weighted by Crippen LogP contribution is -2.27. The van der Waals surface area contributed by atoms with E-state index in [4.69, 9.17) is 0 Å². The third-order valence-corrected chi connectivity index (χ3v) is 8.95. The Hall–Kier alpha value is -2.48. The van der Waals surface area contributed by atoms with Crippen LogP contribution in [0.1, 0.15) is 22.3 Å². The summed E-state index contributed by atoms with van der Waals surface area (Å²) in [6.45, 7) is 1.94. The van der Waals surface area contributed by atoms with E-state index in [1.165, 1.54) is 6.07 Å². The number of aryl methyl sites for hydroxylation is 3.